The summed E-state index contributed by atoms with van der Waals surface area (Å²) in [4.78, 5) is 50.5. The van der Waals surface area contributed by atoms with E-state index in [9.17, 15) is 24.3 Å². The molecule has 10 nitrogen and oxygen atoms in total. The molecule has 1 N–H and O–H groups in total. The molecule has 0 aromatic heterocycles. The number of carbonyl (C=O) groups is 4. The minimum atomic E-state index is -1.82. The molecule has 4 rings (SSSR count). The largest absolute Gasteiger partial charge is 0.463 e. The van der Waals surface area contributed by atoms with Gasteiger partial charge in [0.15, 0.2) is 24.6 Å². The quantitative estimate of drug-likeness (QED) is 0.339. The van der Waals surface area contributed by atoms with Crippen molar-refractivity contribution in [2.24, 2.45) is 0 Å². The van der Waals surface area contributed by atoms with Crippen molar-refractivity contribution in [3.05, 3.63) is 108 Å². The molecular formula is C29H26O10. The first-order valence-electron chi connectivity index (χ1n) is 12.1. The zero-order chi connectivity index (χ0) is 27.8. The fourth-order valence-electron chi connectivity index (χ4n) is 3.93. The van der Waals surface area contributed by atoms with Crippen LogP contribution in [-0.2, 0) is 28.5 Å². The van der Waals surface area contributed by atoms with Crippen LogP contribution in [-0.4, -0.2) is 66.3 Å². The SMILES string of the molecule is CC(=O)OCC1O[C@@H](O)C(OC(=O)c2ccccc2)[C@H](OC(=O)c2ccccc2)[C@@H]1OC(=O)c1ccccc1. The maximum absolute atomic E-state index is 13.1. The first-order chi connectivity index (χ1) is 18.8. The first-order valence-corrected chi connectivity index (χ1v) is 12.1. The highest BCUT2D eigenvalue weighted by atomic mass is 16.7. The molecule has 1 fully saturated rings. The molecule has 39 heavy (non-hydrogen) atoms. The number of hydrogen-bond donors (Lipinski definition) is 1. The summed E-state index contributed by atoms with van der Waals surface area (Å²) in [7, 11) is 0. The van der Waals surface area contributed by atoms with Crippen LogP contribution in [0.3, 0.4) is 0 Å². The van der Waals surface area contributed by atoms with Crippen molar-refractivity contribution in [2.75, 3.05) is 6.61 Å². The highest BCUT2D eigenvalue weighted by molar-refractivity contribution is 5.91. The zero-order valence-electron chi connectivity index (χ0n) is 20.9. The van der Waals surface area contributed by atoms with E-state index in [1.54, 1.807) is 54.6 Å². The molecular weight excluding hydrogens is 508 g/mol. The van der Waals surface area contributed by atoms with Crippen molar-refractivity contribution in [1.29, 1.82) is 0 Å². The maximum atomic E-state index is 13.1. The van der Waals surface area contributed by atoms with Gasteiger partial charge >= 0.3 is 23.9 Å². The summed E-state index contributed by atoms with van der Waals surface area (Å²) >= 11 is 0. The zero-order valence-corrected chi connectivity index (χ0v) is 20.9. The number of aliphatic hydroxyl groups excluding tert-OH is 1. The van der Waals surface area contributed by atoms with Gasteiger partial charge in [0.05, 0.1) is 16.7 Å². The van der Waals surface area contributed by atoms with Crippen molar-refractivity contribution in [2.45, 2.75) is 37.6 Å². The second-order valence-corrected chi connectivity index (χ2v) is 8.58. The third kappa shape index (κ3) is 7.07. The van der Waals surface area contributed by atoms with E-state index in [0.717, 1.165) is 0 Å². The fraction of sp³-hybridized carbons (Fsp3) is 0.241. The highest BCUT2D eigenvalue weighted by Crippen LogP contribution is 2.30. The van der Waals surface area contributed by atoms with E-state index in [1.807, 2.05) is 0 Å². The third-order valence-corrected chi connectivity index (χ3v) is 5.82. The van der Waals surface area contributed by atoms with Crippen molar-refractivity contribution in [1.82, 2.24) is 0 Å². The summed E-state index contributed by atoms with van der Waals surface area (Å²) in [5.74, 6) is -3.13. The third-order valence-electron chi connectivity index (χ3n) is 5.82. The van der Waals surface area contributed by atoms with Crippen LogP contribution in [0.4, 0.5) is 0 Å². The molecule has 0 spiro atoms. The highest BCUT2D eigenvalue weighted by Gasteiger charge is 2.52. The molecule has 2 unspecified atom stereocenters. The van der Waals surface area contributed by atoms with Gasteiger partial charge in [-0.2, -0.15) is 0 Å². The smallest absolute Gasteiger partial charge is 0.338 e. The van der Waals surface area contributed by atoms with Gasteiger partial charge in [0.25, 0.3) is 0 Å². The lowest BCUT2D eigenvalue weighted by Crippen LogP contribution is -2.62. The Kier molecular flexibility index (Phi) is 9.03. The standard InChI is InChI=1S/C29H26O10/c1-18(30)35-17-22-23(37-26(31)19-11-5-2-6-12-19)24(38-27(32)20-13-7-3-8-14-20)25(29(34)36-22)39-28(33)21-15-9-4-10-16-21/h2-16,22-25,29,34H,17H2,1H3/t22?,23-,24-,25?,29-/m1/s1. The maximum Gasteiger partial charge on any atom is 0.338 e. The molecule has 0 radical (unpaired) electrons. The predicted molar refractivity (Wildman–Crippen MR) is 134 cm³/mol. The van der Waals surface area contributed by atoms with E-state index in [4.69, 9.17) is 23.7 Å². The summed E-state index contributed by atoms with van der Waals surface area (Å²) in [5.41, 5.74) is 0.509. The summed E-state index contributed by atoms with van der Waals surface area (Å²) in [6, 6.07) is 23.9. The van der Waals surface area contributed by atoms with Crippen molar-refractivity contribution in [3.63, 3.8) is 0 Å². The predicted octanol–water partition coefficient (Wildman–Crippen LogP) is 2.94. The minimum Gasteiger partial charge on any atom is -0.463 e. The second-order valence-electron chi connectivity index (χ2n) is 8.58. The van der Waals surface area contributed by atoms with Crippen LogP contribution >= 0.6 is 0 Å². The molecule has 202 valence electrons. The molecule has 3 aromatic rings. The van der Waals surface area contributed by atoms with Gasteiger partial charge in [0.1, 0.15) is 12.7 Å². The Balaban J connectivity index is 1.69. The number of rotatable bonds is 8. The number of carbonyl (C=O) groups excluding carboxylic acids is 4. The van der Waals surface area contributed by atoms with Crippen LogP contribution in [0, 0.1) is 0 Å². The van der Waals surface area contributed by atoms with Gasteiger partial charge in [0, 0.05) is 6.92 Å². The molecule has 0 saturated carbocycles. The Labute approximate surface area is 224 Å². The van der Waals surface area contributed by atoms with Crippen molar-refractivity contribution in [3.8, 4) is 0 Å². The molecule has 1 saturated heterocycles. The molecule has 5 atom stereocenters. The van der Waals surface area contributed by atoms with E-state index in [1.165, 1.54) is 43.3 Å². The number of esters is 4. The van der Waals surface area contributed by atoms with E-state index >= 15 is 0 Å². The molecule has 1 aliphatic rings. The first kappa shape index (κ1) is 27.5. The van der Waals surface area contributed by atoms with Gasteiger partial charge in [-0.05, 0) is 36.4 Å². The Bertz CT molecular complexity index is 1280. The topological polar surface area (TPSA) is 135 Å². The molecule has 3 aromatic carbocycles. The monoisotopic (exact) mass is 534 g/mol. The Morgan fingerprint density at radius 3 is 1.44 bits per heavy atom. The van der Waals surface area contributed by atoms with Crippen LogP contribution in [0.25, 0.3) is 0 Å². The molecule has 0 amide bonds. The Morgan fingerprint density at radius 1 is 0.641 bits per heavy atom. The van der Waals surface area contributed by atoms with E-state index in [-0.39, 0.29) is 16.7 Å². The van der Waals surface area contributed by atoms with Gasteiger partial charge in [-0.1, -0.05) is 54.6 Å². The van der Waals surface area contributed by atoms with Gasteiger partial charge in [-0.25, -0.2) is 14.4 Å². The summed E-state index contributed by atoms with van der Waals surface area (Å²) < 4.78 is 27.6. The van der Waals surface area contributed by atoms with E-state index < -0.39 is 61.2 Å². The second kappa shape index (κ2) is 12.8. The van der Waals surface area contributed by atoms with Crippen LogP contribution in [0.15, 0.2) is 91.0 Å². The lowest BCUT2D eigenvalue weighted by molar-refractivity contribution is -0.285. The molecule has 1 aliphatic heterocycles. The van der Waals surface area contributed by atoms with Crippen LogP contribution in [0.5, 0.6) is 0 Å². The number of benzene rings is 3. The molecule has 0 aliphatic carbocycles. The number of aliphatic hydroxyl groups is 1. The molecule has 1 heterocycles. The van der Waals surface area contributed by atoms with Crippen LogP contribution < -0.4 is 0 Å². The summed E-state index contributed by atoms with van der Waals surface area (Å²) in [5, 5.41) is 10.9. The van der Waals surface area contributed by atoms with Crippen LogP contribution in [0.2, 0.25) is 0 Å². The van der Waals surface area contributed by atoms with E-state index in [0.29, 0.717) is 0 Å². The Hall–Kier alpha value is -4.54. The molecule has 0 bridgehead atoms. The van der Waals surface area contributed by atoms with E-state index in [2.05, 4.69) is 0 Å². The van der Waals surface area contributed by atoms with Gasteiger partial charge < -0.3 is 28.8 Å². The summed E-state index contributed by atoms with van der Waals surface area (Å²) in [6.45, 7) is 0.722. The van der Waals surface area contributed by atoms with Gasteiger partial charge in [-0.3, -0.25) is 4.79 Å². The van der Waals surface area contributed by atoms with Crippen LogP contribution in [0.1, 0.15) is 38.0 Å². The van der Waals surface area contributed by atoms with Crippen molar-refractivity contribution < 1.29 is 48.0 Å². The summed E-state index contributed by atoms with van der Waals surface area (Å²) in [6.07, 6.45) is -7.67. The lowest BCUT2D eigenvalue weighted by atomic mass is 9.97. The number of hydrogen-bond acceptors (Lipinski definition) is 10. The normalized spacial score (nSPS) is 22.3. The van der Waals surface area contributed by atoms with Gasteiger partial charge in [0.2, 0.25) is 0 Å². The number of ether oxygens (including phenoxy) is 5. The minimum absolute atomic E-state index is 0.163. The lowest BCUT2D eigenvalue weighted by Gasteiger charge is -2.42. The molecule has 10 heteroatoms. The van der Waals surface area contributed by atoms with Gasteiger partial charge in [-0.15, -0.1) is 0 Å². The van der Waals surface area contributed by atoms with Crippen molar-refractivity contribution >= 4 is 23.9 Å². The average molecular weight is 535 g/mol. The average Bonchev–Trinajstić information content (AvgIpc) is 2.96. The fourth-order valence-corrected chi connectivity index (χ4v) is 3.93. The Morgan fingerprint density at radius 2 is 1.03 bits per heavy atom.